The summed E-state index contributed by atoms with van der Waals surface area (Å²) in [7, 11) is 1.93. The molecule has 1 aromatic rings. The molecule has 1 N–H and O–H groups in total. The van der Waals surface area contributed by atoms with E-state index in [-0.39, 0.29) is 6.42 Å². The van der Waals surface area contributed by atoms with Gasteiger partial charge in [0.05, 0.1) is 10.8 Å². The van der Waals surface area contributed by atoms with E-state index >= 15 is 0 Å². The molecular formula is C10H14ClNO2S. The van der Waals surface area contributed by atoms with E-state index in [1.807, 2.05) is 24.1 Å². The van der Waals surface area contributed by atoms with Crippen LogP contribution in [-0.4, -0.2) is 36.1 Å². The number of likely N-dealkylation sites (N-methyl/N-ethyl adjacent to an activating group) is 1. The molecule has 0 spiro atoms. The smallest absolute Gasteiger partial charge is 0.304 e. The minimum Gasteiger partial charge on any atom is -0.481 e. The minimum atomic E-state index is -0.749. The number of aliphatic carboxylic acids is 1. The van der Waals surface area contributed by atoms with E-state index in [0.29, 0.717) is 6.54 Å². The third kappa shape index (κ3) is 5.16. The van der Waals surface area contributed by atoms with E-state index in [1.54, 1.807) is 11.3 Å². The Hall–Kier alpha value is -0.580. The lowest BCUT2D eigenvalue weighted by Gasteiger charge is -2.14. The van der Waals surface area contributed by atoms with Crippen LogP contribution in [0.4, 0.5) is 0 Å². The zero-order chi connectivity index (χ0) is 11.3. The zero-order valence-corrected chi connectivity index (χ0v) is 10.1. The van der Waals surface area contributed by atoms with Gasteiger partial charge in [-0.1, -0.05) is 11.6 Å². The Kier molecular flexibility index (Phi) is 5.08. The standard InChI is InChI=1S/C10H14ClNO2S/c1-12(7-5-10(13)14)6-4-8-2-3-9(11)15-8/h2-3H,4-7H2,1H3,(H,13,14). The van der Waals surface area contributed by atoms with Gasteiger partial charge in [-0.3, -0.25) is 4.79 Å². The summed E-state index contributed by atoms with van der Waals surface area (Å²) >= 11 is 7.38. The van der Waals surface area contributed by atoms with Gasteiger partial charge in [0.2, 0.25) is 0 Å². The number of hydrogen-bond acceptors (Lipinski definition) is 3. The molecule has 0 saturated heterocycles. The summed E-state index contributed by atoms with van der Waals surface area (Å²) in [5, 5.41) is 8.51. The van der Waals surface area contributed by atoms with Gasteiger partial charge in [0.15, 0.2) is 0 Å². The third-order valence-electron chi connectivity index (χ3n) is 2.08. The van der Waals surface area contributed by atoms with Gasteiger partial charge < -0.3 is 10.0 Å². The maximum absolute atomic E-state index is 10.3. The van der Waals surface area contributed by atoms with E-state index in [4.69, 9.17) is 16.7 Å². The highest BCUT2D eigenvalue weighted by molar-refractivity contribution is 7.16. The van der Waals surface area contributed by atoms with Crippen LogP contribution in [0.25, 0.3) is 0 Å². The number of rotatable bonds is 6. The molecule has 0 atom stereocenters. The molecule has 0 saturated carbocycles. The third-order valence-corrected chi connectivity index (χ3v) is 3.37. The average Bonchev–Trinajstić information content (AvgIpc) is 2.58. The number of hydrogen-bond donors (Lipinski definition) is 1. The van der Waals surface area contributed by atoms with Gasteiger partial charge in [0, 0.05) is 18.0 Å². The van der Waals surface area contributed by atoms with E-state index in [1.165, 1.54) is 4.88 Å². The number of halogens is 1. The second kappa shape index (κ2) is 6.10. The van der Waals surface area contributed by atoms with Crippen molar-refractivity contribution < 1.29 is 9.90 Å². The number of nitrogens with zero attached hydrogens (tertiary/aromatic N) is 1. The van der Waals surface area contributed by atoms with Crippen LogP contribution in [0.1, 0.15) is 11.3 Å². The summed E-state index contributed by atoms with van der Waals surface area (Å²) in [6.07, 6.45) is 1.12. The lowest BCUT2D eigenvalue weighted by molar-refractivity contribution is -0.137. The highest BCUT2D eigenvalue weighted by atomic mass is 35.5. The SMILES string of the molecule is CN(CCC(=O)O)CCc1ccc(Cl)s1. The maximum atomic E-state index is 10.3. The molecule has 1 rings (SSSR count). The first-order chi connectivity index (χ1) is 7.08. The number of carboxylic acid groups (broad SMARTS) is 1. The Bertz CT molecular complexity index is 327. The molecule has 0 bridgehead atoms. The highest BCUT2D eigenvalue weighted by Gasteiger charge is 2.04. The number of carbonyl (C=O) groups is 1. The van der Waals surface area contributed by atoms with Crippen molar-refractivity contribution in [2.75, 3.05) is 20.1 Å². The van der Waals surface area contributed by atoms with E-state index in [2.05, 4.69) is 0 Å². The Labute approximate surface area is 98.3 Å². The van der Waals surface area contributed by atoms with Gasteiger partial charge >= 0.3 is 5.97 Å². The molecule has 1 aromatic heterocycles. The molecule has 15 heavy (non-hydrogen) atoms. The molecule has 0 unspecified atom stereocenters. The Morgan fingerprint density at radius 2 is 2.27 bits per heavy atom. The normalized spacial score (nSPS) is 10.9. The predicted octanol–water partition coefficient (Wildman–Crippen LogP) is 2.35. The monoisotopic (exact) mass is 247 g/mol. The van der Waals surface area contributed by atoms with Crippen molar-refractivity contribution in [1.82, 2.24) is 4.90 Å². The Balaban J connectivity index is 2.22. The van der Waals surface area contributed by atoms with Crippen molar-refractivity contribution in [2.45, 2.75) is 12.8 Å². The number of thiophene rings is 1. The van der Waals surface area contributed by atoms with Gasteiger partial charge in [0.25, 0.3) is 0 Å². The van der Waals surface area contributed by atoms with Crippen molar-refractivity contribution in [3.05, 3.63) is 21.3 Å². The summed E-state index contributed by atoms with van der Waals surface area (Å²) in [5.41, 5.74) is 0. The maximum Gasteiger partial charge on any atom is 0.304 e. The van der Waals surface area contributed by atoms with Gasteiger partial charge in [0.1, 0.15) is 0 Å². The second-order valence-electron chi connectivity index (χ2n) is 3.40. The van der Waals surface area contributed by atoms with Crippen molar-refractivity contribution in [1.29, 1.82) is 0 Å². The fraction of sp³-hybridized carbons (Fsp3) is 0.500. The molecule has 1 heterocycles. The molecule has 0 fully saturated rings. The summed E-state index contributed by atoms with van der Waals surface area (Å²) in [6, 6.07) is 3.90. The van der Waals surface area contributed by atoms with Crippen LogP contribution >= 0.6 is 22.9 Å². The lowest BCUT2D eigenvalue weighted by atomic mass is 10.3. The van der Waals surface area contributed by atoms with Crippen LogP contribution in [0, 0.1) is 0 Å². The predicted molar refractivity (Wildman–Crippen MR) is 62.8 cm³/mol. The van der Waals surface area contributed by atoms with Gasteiger partial charge in [-0.2, -0.15) is 0 Å². The van der Waals surface area contributed by atoms with Gasteiger partial charge in [-0.25, -0.2) is 0 Å². The Morgan fingerprint density at radius 1 is 1.53 bits per heavy atom. The molecule has 0 aliphatic carbocycles. The summed E-state index contributed by atoms with van der Waals surface area (Å²) in [5.74, 6) is -0.749. The summed E-state index contributed by atoms with van der Waals surface area (Å²) < 4.78 is 0.804. The van der Waals surface area contributed by atoms with Crippen LogP contribution in [0.3, 0.4) is 0 Å². The van der Waals surface area contributed by atoms with Gasteiger partial charge in [-0.15, -0.1) is 11.3 Å². The lowest BCUT2D eigenvalue weighted by Crippen LogP contribution is -2.23. The molecule has 0 radical (unpaired) electrons. The summed E-state index contributed by atoms with van der Waals surface area (Å²) in [4.78, 5) is 13.6. The molecule has 3 nitrogen and oxygen atoms in total. The van der Waals surface area contributed by atoms with Crippen LogP contribution in [0.2, 0.25) is 4.34 Å². The zero-order valence-electron chi connectivity index (χ0n) is 8.57. The fourth-order valence-electron chi connectivity index (χ4n) is 1.19. The topological polar surface area (TPSA) is 40.5 Å². The molecule has 0 aliphatic rings. The van der Waals surface area contributed by atoms with Crippen molar-refractivity contribution in [3.63, 3.8) is 0 Å². The molecule has 84 valence electrons. The molecule has 0 aliphatic heterocycles. The minimum absolute atomic E-state index is 0.196. The van der Waals surface area contributed by atoms with E-state index in [9.17, 15) is 4.79 Å². The molecule has 5 heteroatoms. The number of carboxylic acids is 1. The van der Waals surface area contributed by atoms with Crippen LogP contribution < -0.4 is 0 Å². The Morgan fingerprint density at radius 3 is 2.80 bits per heavy atom. The van der Waals surface area contributed by atoms with E-state index in [0.717, 1.165) is 17.3 Å². The quantitative estimate of drug-likeness (QED) is 0.839. The summed E-state index contributed by atoms with van der Waals surface area (Å²) in [6.45, 7) is 1.46. The average molecular weight is 248 g/mol. The van der Waals surface area contributed by atoms with E-state index < -0.39 is 5.97 Å². The van der Waals surface area contributed by atoms with Crippen LogP contribution in [0.15, 0.2) is 12.1 Å². The second-order valence-corrected chi connectivity index (χ2v) is 5.20. The molecular weight excluding hydrogens is 234 g/mol. The first-order valence-electron chi connectivity index (χ1n) is 4.72. The van der Waals surface area contributed by atoms with Crippen LogP contribution in [0.5, 0.6) is 0 Å². The fourth-order valence-corrected chi connectivity index (χ4v) is 2.26. The largest absolute Gasteiger partial charge is 0.481 e. The molecule has 0 aromatic carbocycles. The van der Waals surface area contributed by atoms with Crippen molar-refractivity contribution in [3.8, 4) is 0 Å². The molecule has 0 amide bonds. The highest BCUT2D eigenvalue weighted by Crippen LogP contribution is 2.21. The van der Waals surface area contributed by atoms with Crippen molar-refractivity contribution >= 4 is 28.9 Å². The first-order valence-corrected chi connectivity index (χ1v) is 5.92. The van der Waals surface area contributed by atoms with Gasteiger partial charge in [-0.05, 0) is 25.6 Å². The van der Waals surface area contributed by atoms with Crippen molar-refractivity contribution in [2.24, 2.45) is 0 Å². The first kappa shape index (κ1) is 12.5. The van der Waals surface area contributed by atoms with Crippen LogP contribution in [-0.2, 0) is 11.2 Å².